The number of anilines is 1. The molecule has 1 amide bonds. The van der Waals surface area contributed by atoms with Crippen molar-refractivity contribution in [3.63, 3.8) is 0 Å². The molecule has 0 unspecified atom stereocenters. The van der Waals surface area contributed by atoms with Gasteiger partial charge in [0.25, 0.3) is 0 Å². The minimum atomic E-state index is 0.0237. The van der Waals surface area contributed by atoms with Crippen LogP contribution in [0.15, 0.2) is 30.9 Å². The van der Waals surface area contributed by atoms with E-state index < -0.39 is 0 Å². The maximum Gasteiger partial charge on any atom is 0.245 e. The van der Waals surface area contributed by atoms with E-state index in [-0.39, 0.29) is 17.9 Å². The molecule has 0 bridgehead atoms. The molecule has 1 spiro atoms. The van der Waals surface area contributed by atoms with Crippen molar-refractivity contribution in [3.05, 3.63) is 53.2 Å². The topological polar surface area (TPSA) is 69.6 Å². The number of benzene rings is 1. The number of aliphatic hydroxyl groups is 1. The third kappa shape index (κ3) is 3.53. The Hall–Kier alpha value is -2.73. The Morgan fingerprint density at radius 2 is 2.03 bits per heavy atom. The Morgan fingerprint density at radius 1 is 1.23 bits per heavy atom. The van der Waals surface area contributed by atoms with E-state index in [1.807, 2.05) is 11.0 Å². The van der Waals surface area contributed by atoms with E-state index in [1.165, 1.54) is 35.7 Å². The fourth-order valence-corrected chi connectivity index (χ4v) is 5.38. The number of carbonyl (C=O) groups is 1. The molecule has 0 saturated carbocycles. The van der Waals surface area contributed by atoms with Gasteiger partial charge >= 0.3 is 0 Å². The van der Waals surface area contributed by atoms with Crippen LogP contribution in [0.3, 0.4) is 0 Å². The van der Waals surface area contributed by atoms with Crippen LogP contribution >= 0.6 is 0 Å². The highest BCUT2D eigenvalue weighted by Gasteiger charge is 2.49. The highest BCUT2D eigenvalue weighted by Crippen LogP contribution is 2.41. The van der Waals surface area contributed by atoms with Crippen molar-refractivity contribution < 1.29 is 9.90 Å². The second-order valence-corrected chi connectivity index (χ2v) is 9.38. The Balaban J connectivity index is 1.48. The smallest absolute Gasteiger partial charge is 0.245 e. The van der Waals surface area contributed by atoms with Crippen molar-refractivity contribution in [2.45, 2.75) is 45.6 Å². The molecular formula is C25H30N4O2. The number of aromatic nitrogens is 2. The van der Waals surface area contributed by atoms with E-state index >= 15 is 0 Å². The highest BCUT2D eigenvalue weighted by molar-refractivity contribution is 5.87. The molecule has 2 saturated heterocycles. The summed E-state index contributed by atoms with van der Waals surface area (Å²) >= 11 is 0. The van der Waals surface area contributed by atoms with Gasteiger partial charge in [-0.3, -0.25) is 4.79 Å². The van der Waals surface area contributed by atoms with Gasteiger partial charge in [0.15, 0.2) is 0 Å². The van der Waals surface area contributed by atoms with E-state index in [2.05, 4.69) is 30.5 Å². The Morgan fingerprint density at radius 3 is 2.81 bits per heavy atom. The van der Waals surface area contributed by atoms with Gasteiger partial charge < -0.3 is 14.9 Å². The maximum absolute atomic E-state index is 11.9. The zero-order valence-electron chi connectivity index (χ0n) is 18.2. The molecule has 31 heavy (non-hydrogen) atoms. The molecular weight excluding hydrogens is 388 g/mol. The monoisotopic (exact) mass is 418 g/mol. The summed E-state index contributed by atoms with van der Waals surface area (Å²) in [4.78, 5) is 26.2. The third-order valence-electron chi connectivity index (χ3n) is 7.17. The van der Waals surface area contributed by atoms with Crippen LogP contribution in [-0.2, 0) is 24.2 Å². The number of nitrogens with zero attached hydrogens (tertiary/aromatic N) is 4. The second kappa shape index (κ2) is 7.75. The normalized spacial score (nSPS) is 19.3. The van der Waals surface area contributed by atoms with Crippen LogP contribution in [0.5, 0.6) is 0 Å². The largest absolute Gasteiger partial charge is 0.392 e. The molecule has 0 atom stereocenters. The molecule has 6 nitrogen and oxygen atoms in total. The SMILES string of the molecule is C=CC(=O)N1CC2(CCN(c3nc4c(c(-c5cc(CO)ccc5C)n3)CCCC4)C2)C1. The summed E-state index contributed by atoms with van der Waals surface area (Å²) in [5, 5.41) is 9.66. The zero-order valence-corrected chi connectivity index (χ0v) is 18.2. The van der Waals surface area contributed by atoms with Gasteiger partial charge in [0, 0.05) is 48.4 Å². The summed E-state index contributed by atoms with van der Waals surface area (Å²) in [5.41, 5.74) is 6.83. The number of aryl methyl sites for hydroxylation is 2. The van der Waals surface area contributed by atoms with E-state index in [0.717, 1.165) is 68.2 Å². The summed E-state index contributed by atoms with van der Waals surface area (Å²) in [6.45, 7) is 9.14. The molecule has 0 radical (unpaired) electrons. The minimum absolute atomic E-state index is 0.0237. The molecule has 1 aromatic heterocycles. The van der Waals surface area contributed by atoms with Crippen molar-refractivity contribution in [1.29, 1.82) is 0 Å². The molecule has 3 heterocycles. The average molecular weight is 419 g/mol. The lowest BCUT2D eigenvalue weighted by molar-refractivity contribution is -0.136. The van der Waals surface area contributed by atoms with Crippen molar-refractivity contribution in [3.8, 4) is 11.3 Å². The lowest BCUT2D eigenvalue weighted by Crippen LogP contribution is -2.59. The summed E-state index contributed by atoms with van der Waals surface area (Å²) in [5.74, 6) is 0.838. The van der Waals surface area contributed by atoms with Crippen LogP contribution in [0.4, 0.5) is 5.95 Å². The molecule has 2 aromatic rings. The summed E-state index contributed by atoms with van der Waals surface area (Å²) < 4.78 is 0. The second-order valence-electron chi connectivity index (χ2n) is 9.38. The van der Waals surface area contributed by atoms with E-state index in [9.17, 15) is 9.90 Å². The molecule has 3 aliphatic rings. The van der Waals surface area contributed by atoms with Gasteiger partial charge in [-0.25, -0.2) is 9.97 Å². The molecule has 2 aliphatic heterocycles. The molecule has 1 N–H and O–H groups in total. The predicted octanol–water partition coefficient (Wildman–Crippen LogP) is 3.05. The van der Waals surface area contributed by atoms with Crippen molar-refractivity contribution in [1.82, 2.24) is 14.9 Å². The summed E-state index contributed by atoms with van der Waals surface area (Å²) in [7, 11) is 0. The van der Waals surface area contributed by atoms with Gasteiger partial charge in [0.1, 0.15) is 0 Å². The van der Waals surface area contributed by atoms with Crippen LogP contribution in [0.1, 0.15) is 41.6 Å². The van der Waals surface area contributed by atoms with Crippen LogP contribution < -0.4 is 4.90 Å². The van der Waals surface area contributed by atoms with E-state index in [0.29, 0.717) is 0 Å². The first kappa shape index (κ1) is 20.2. The molecule has 2 fully saturated rings. The first-order valence-electron chi connectivity index (χ1n) is 11.3. The van der Waals surface area contributed by atoms with Crippen LogP contribution in [0, 0.1) is 12.3 Å². The van der Waals surface area contributed by atoms with Gasteiger partial charge in [-0.1, -0.05) is 18.7 Å². The highest BCUT2D eigenvalue weighted by atomic mass is 16.3. The Kier molecular flexibility index (Phi) is 5.05. The predicted molar refractivity (Wildman–Crippen MR) is 121 cm³/mol. The van der Waals surface area contributed by atoms with Gasteiger partial charge in [0.2, 0.25) is 11.9 Å². The molecule has 1 aromatic carbocycles. The number of likely N-dealkylation sites (tertiary alicyclic amines) is 1. The summed E-state index contributed by atoms with van der Waals surface area (Å²) in [6.07, 6.45) is 6.81. The number of fused-ring (bicyclic) bond motifs is 1. The number of carbonyl (C=O) groups excluding carboxylic acids is 1. The number of hydrogen-bond donors (Lipinski definition) is 1. The van der Waals surface area contributed by atoms with Gasteiger partial charge in [-0.15, -0.1) is 0 Å². The molecule has 162 valence electrons. The Labute approximate surface area is 183 Å². The number of rotatable bonds is 4. The van der Waals surface area contributed by atoms with Crippen molar-refractivity contribution in [2.24, 2.45) is 5.41 Å². The lowest BCUT2D eigenvalue weighted by atomic mass is 9.79. The van der Waals surface area contributed by atoms with E-state index in [1.54, 1.807) is 0 Å². The van der Waals surface area contributed by atoms with Crippen LogP contribution in [0.25, 0.3) is 11.3 Å². The maximum atomic E-state index is 11.9. The first-order chi connectivity index (χ1) is 15.0. The van der Waals surface area contributed by atoms with Crippen molar-refractivity contribution in [2.75, 3.05) is 31.1 Å². The fourth-order valence-electron chi connectivity index (χ4n) is 5.38. The van der Waals surface area contributed by atoms with Crippen LogP contribution in [-0.4, -0.2) is 52.1 Å². The number of aliphatic hydroxyl groups excluding tert-OH is 1. The third-order valence-corrected chi connectivity index (χ3v) is 7.17. The fraction of sp³-hybridized carbons (Fsp3) is 0.480. The average Bonchev–Trinajstić information content (AvgIpc) is 3.23. The van der Waals surface area contributed by atoms with Gasteiger partial charge in [0.05, 0.1) is 12.3 Å². The first-order valence-corrected chi connectivity index (χ1v) is 11.3. The number of hydrogen-bond acceptors (Lipinski definition) is 5. The van der Waals surface area contributed by atoms with Crippen LogP contribution in [0.2, 0.25) is 0 Å². The van der Waals surface area contributed by atoms with Gasteiger partial charge in [-0.2, -0.15) is 0 Å². The standard InChI is InChI=1S/C25H30N4O2/c1-3-22(31)29-15-25(16-29)10-11-28(14-25)24-26-21-7-5-4-6-19(21)23(27-24)20-12-18(13-30)9-8-17(20)2/h3,8-9,12,30H,1,4-7,10-11,13-16H2,2H3. The quantitative estimate of drug-likeness (QED) is 0.773. The molecule has 5 rings (SSSR count). The summed E-state index contributed by atoms with van der Waals surface area (Å²) in [6, 6.07) is 6.12. The zero-order chi connectivity index (χ0) is 21.6. The minimum Gasteiger partial charge on any atom is -0.392 e. The Bertz CT molecular complexity index is 1040. The van der Waals surface area contributed by atoms with Crippen molar-refractivity contribution >= 4 is 11.9 Å². The van der Waals surface area contributed by atoms with Gasteiger partial charge in [-0.05, 0) is 62.3 Å². The number of amides is 1. The van der Waals surface area contributed by atoms with E-state index in [4.69, 9.17) is 9.97 Å². The molecule has 1 aliphatic carbocycles. The lowest BCUT2D eigenvalue weighted by Gasteiger charge is -2.47. The molecule has 6 heteroatoms.